The molecule has 0 bridgehead atoms. The van der Waals surface area contributed by atoms with E-state index < -0.39 is 4.92 Å². The van der Waals surface area contributed by atoms with Gasteiger partial charge in [-0.15, -0.1) is 11.8 Å². The Morgan fingerprint density at radius 1 is 1.50 bits per heavy atom. The molecule has 1 unspecified atom stereocenters. The predicted octanol–water partition coefficient (Wildman–Crippen LogP) is 0.252. The second-order valence-corrected chi connectivity index (χ2v) is 6.01. The normalized spacial score (nSPS) is 13.4. The minimum absolute atomic E-state index is 0.0249. The molecule has 1 atom stereocenters. The Labute approximate surface area is 133 Å². The zero-order chi connectivity index (χ0) is 16.5. The van der Waals surface area contributed by atoms with Crippen molar-refractivity contribution in [1.29, 1.82) is 0 Å². The van der Waals surface area contributed by atoms with Crippen LogP contribution in [0.3, 0.4) is 0 Å². The molecule has 22 heavy (non-hydrogen) atoms. The molecular formula is C13H22N4O4S. The molecule has 124 valence electrons. The molecule has 0 amide bonds. The summed E-state index contributed by atoms with van der Waals surface area (Å²) in [5.41, 5.74) is 0. The van der Waals surface area contributed by atoms with Gasteiger partial charge in [-0.25, -0.2) is 0 Å². The lowest BCUT2D eigenvalue weighted by molar-refractivity contribution is -0.809. The van der Waals surface area contributed by atoms with E-state index in [4.69, 9.17) is 4.42 Å². The van der Waals surface area contributed by atoms with Crippen molar-refractivity contribution < 1.29 is 14.4 Å². The summed E-state index contributed by atoms with van der Waals surface area (Å²) in [6, 6.07) is 3.87. The highest BCUT2D eigenvalue weighted by atomic mass is 32.2. The van der Waals surface area contributed by atoms with E-state index in [0.29, 0.717) is 17.7 Å². The van der Waals surface area contributed by atoms with Crippen molar-refractivity contribution in [1.82, 2.24) is 10.2 Å². The summed E-state index contributed by atoms with van der Waals surface area (Å²) in [5.74, 6) is 3.05. The number of nitro groups is 1. The molecule has 8 nitrogen and oxygen atoms in total. The monoisotopic (exact) mass is 330 g/mol. The molecule has 1 aromatic rings. The predicted molar refractivity (Wildman–Crippen MR) is 85.6 cm³/mol. The molecule has 0 fully saturated rings. The van der Waals surface area contributed by atoms with Crippen LogP contribution in [-0.4, -0.2) is 43.3 Å². The molecule has 0 aliphatic rings. The van der Waals surface area contributed by atoms with Crippen LogP contribution in [0.15, 0.2) is 28.6 Å². The number of hydrogen-bond acceptors (Lipinski definition) is 7. The molecule has 2 N–H and O–H groups in total. The Hall–Kier alpha value is -1.55. The van der Waals surface area contributed by atoms with Crippen molar-refractivity contribution in [2.24, 2.45) is 0 Å². The quantitative estimate of drug-likeness (QED) is 0.360. The first-order chi connectivity index (χ1) is 10.4. The molecule has 0 aliphatic heterocycles. The van der Waals surface area contributed by atoms with E-state index in [0.717, 1.165) is 18.1 Å². The minimum atomic E-state index is -0.633. The Kier molecular flexibility index (Phi) is 7.96. The van der Waals surface area contributed by atoms with Crippen LogP contribution in [0.4, 0.5) is 0 Å². The van der Waals surface area contributed by atoms with Gasteiger partial charge in [-0.1, -0.05) is 0 Å². The van der Waals surface area contributed by atoms with Crippen molar-refractivity contribution in [3.05, 3.63) is 51.0 Å². The van der Waals surface area contributed by atoms with Gasteiger partial charge in [0.1, 0.15) is 11.5 Å². The maximum Gasteiger partial charge on any atom is 0.312 e. The van der Waals surface area contributed by atoms with Gasteiger partial charge in [-0.3, -0.25) is 10.1 Å². The van der Waals surface area contributed by atoms with Gasteiger partial charge in [-0.2, -0.15) is 0 Å². The SMILES string of the molecule is CN/C(=C\[N+](=O)[O-])[NH+]([O-])CCSCc1ccc(CN(C)C)o1. The number of nitrogens with one attached hydrogen (secondary N) is 2. The standard InChI is InChI=1S/C13H22N4O4S/c1-14-13(9-17(19)20)16(18)6-7-22-10-12-5-4-11(21-12)8-15(2)3/h4-5,9,14,16H,6-8,10H2,1-3H3/b13-9+. The summed E-state index contributed by atoms with van der Waals surface area (Å²) >= 11 is 1.56. The maximum atomic E-state index is 11.8. The summed E-state index contributed by atoms with van der Waals surface area (Å²) in [5, 5.41) is 24.4. The topological polar surface area (TPSA) is 99.0 Å². The average molecular weight is 330 g/mol. The van der Waals surface area contributed by atoms with Gasteiger partial charge in [0.2, 0.25) is 0 Å². The van der Waals surface area contributed by atoms with Crippen LogP contribution in [0.1, 0.15) is 11.5 Å². The zero-order valence-corrected chi connectivity index (χ0v) is 13.8. The van der Waals surface area contributed by atoms with E-state index in [1.165, 1.54) is 7.05 Å². The summed E-state index contributed by atoms with van der Waals surface area (Å²) in [6.07, 6.45) is 0.701. The van der Waals surface area contributed by atoms with Gasteiger partial charge >= 0.3 is 6.20 Å². The highest BCUT2D eigenvalue weighted by Crippen LogP contribution is 2.15. The number of thioether (sulfide) groups is 1. The van der Waals surface area contributed by atoms with Crippen LogP contribution in [0.5, 0.6) is 0 Å². The number of quaternary nitrogens is 1. The lowest BCUT2D eigenvalue weighted by atomic mass is 10.4. The average Bonchev–Trinajstić information content (AvgIpc) is 2.87. The van der Waals surface area contributed by atoms with Gasteiger partial charge < -0.3 is 24.9 Å². The largest absolute Gasteiger partial charge is 0.628 e. The van der Waals surface area contributed by atoms with Crippen LogP contribution < -0.4 is 10.4 Å². The first-order valence-electron chi connectivity index (χ1n) is 6.78. The Bertz CT molecular complexity index is 504. The van der Waals surface area contributed by atoms with Crippen LogP contribution in [0.25, 0.3) is 0 Å². The number of furan rings is 1. The van der Waals surface area contributed by atoms with Gasteiger partial charge in [0.05, 0.1) is 23.8 Å². The van der Waals surface area contributed by atoms with E-state index in [-0.39, 0.29) is 17.4 Å². The van der Waals surface area contributed by atoms with Gasteiger partial charge in [0.25, 0.3) is 5.82 Å². The number of hydrogen-bond donors (Lipinski definition) is 2. The fourth-order valence-electron chi connectivity index (χ4n) is 1.75. The van der Waals surface area contributed by atoms with E-state index in [9.17, 15) is 15.3 Å². The summed E-state index contributed by atoms with van der Waals surface area (Å²) in [7, 11) is 5.44. The second-order valence-electron chi connectivity index (χ2n) is 4.91. The molecule has 0 saturated heterocycles. The highest BCUT2D eigenvalue weighted by molar-refractivity contribution is 7.98. The molecule has 9 heteroatoms. The molecule has 0 aromatic carbocycles. The number of rotatable bonds is 10. The summed E-state index contributed by atoms with van der Waals surface area (Å²) in [4.78, 5) is 11.8. The van der Waals surface area contributed by atoms with Crippen LogP contribution >= 0.6 is 11.8 Å². The molecule has 0 aliphatic carbocycles. The van der Waals surface area contributed by atoms with Crippen LogP contribution in [0, 0.1) is 15.3 Å². The van der Waals surface area contributed by atoms with E-state index in [2.05, 4.69) is 5.32 Å². The molecule has 1 heterocycles. The minimum Gasteiger partial charge on any atom is -0.628 e. The molecular weight excluding hydrogens is 308 g/mol. The third-order valence-corrected chi connectivity index (χ3v) is 3.69. The van der Waals surface area contributed by atoms with Crippen molar-refractivity contribution in [2.45, 2.75) is 12.3 Å². The lowest BCUT2D eigenvalue weighted by Gasteiger charge is -2.21. The van der Waals surface area contributed by atoms with Crippen LogP contribution in [0.2, 0.25) is 0 Å². The molecule has 1 rings (SSSR count). The summed E-state index contributed by atoms with van der Waals surface area (Å²) in [6.45, 7) is 0.997. The van der Waals surface area contributed by atoms with Crippen molar-refractivity contribution in [3.63, 3.8) is 0 Å². The van der Waals surface area contributed by atoms with Crippen molar-refractivity contribution in [3.8, 4) is 0 Å². The van der Waals surface area contributed by atoms with Crippen LogP contribution in [-0.2, 0) is 12.3 Å². The first-order valence-corrected chi connectivity index (χ1v) is 7.94. The van der Waals surface area contributed by atoms with Crippen molar-refractivity contribution >= 4 is 11.8 Å². The molecule has 0 saturated carbocycles. The molecule has 0 radical (unpaired) electrons. The Balaban J connectivity index is 2.32. The molecule has 1 aromatic heterocycles. The lowest BCUT2D eigenvalue weighted by Crippen LogP contribution is -3.07. The fraction of sp³-hybridized carbons (Fsp3) is 0.538. The Morgan fingerprint density at radius 2 is 2.18 bits per heavy atom. The Morgan fingerprint density at radius 3 is 2.77 bits per heavy atom. The van der Waals surface area contributed by atoms with E-state index in [1.807, 2.05) is 31.1 Å². The first kappa shape index (κ1) is 18.5. The third-order valence-electron chi connectivity index (χ3n) is 2.71. The zero-order valence-electron chi connectivity index (χ0n) is 13.0. The maximum absolute atomic E-state index is 11.8. The fourth-order valence-corrected chi connectivity index (χ4v) is 2.58. The highest BCUT2D eigenvalue weighted by Gasteiger charge is 2.10. The van der Waals surface area contributed by atoms with Gasteiger partial charge in [0, 0.05) is 12.8 Å². The van der Waals surface area contributed by atoms with Gasteiger partial charge in [-0.05, 0) is 26.2 Å². The van der Waals surface area contributed by atoms with E-state index in [1.54, 1.807) is 11.8 Å². The smallest absolute Gasteiger partial charge is 0.312 e. The third kappa shape index (κ3) is 6.94. The van der Waals surface area contributed by atoms with Gasteiger partial charge in [0.15, 0.2) is 0 Å². The number of nitrogens with zero attached hydrogens (tertiary/aromatic N) is 2. The second kappa shape index (κ2) is 9.46. The van der Waals surface area contributed by atoms with Crippen molar-refractivity contribution in [2.75, 3.05) is 33.4 Å². The van der Waals surface area contributed by atoms with E-state index >= 15 is 0 Å². The molecule has 0 spiro atoms. The summed E-state index contributed by atoms with van der Waals surface area (Å²) < 4.78 is 5.66. The number of hydroxylamine groups is 2.